The molecule has 0 unspecified atom stereocenters. The van der Waals surface area contributed by atoms with Gasteiger partial charge in [0.15, 0.2) is 0 Å². The summed E-state index contributed by atoms with van der Waals surface area (Å²) in [6.07, 6.45) is 2.09. The number of anilines is 2. The number of amides is 1. The quantitative estimate of drug-likeness (QED) is 0.851. The van der Waals surface area contributed by atoms with Crippen molar-refractivity contribution in [1.82, 2.24) is 0 Å². The molecular weight excluding hydrogens is 252 g/mol. The first-order valence-electron chi connectivity index (χ1n) is 7.39. The van der Waals surface area contributed by atoms with Gasteiger partial charge in [-0.05, 0) is 55.9 Å². The van der Waals surface area contributed by atoms with Gasteiger partial charge in [-0.2, -0.15) is 0 Å². The van der Waals surface area contributed by atoms with Crippen LogP contribution in [0.1, 0.15) is 33.6 Å². The monoisotopic (exact) mass is 276 g/mol. The summed E-state index contributed by atoms with van der Waals surface area (Å²) in [5.74, 6) is 1.64. The Kier molecular flexibility index (Phi) is 4.88. The predicted molar refractivity (Wildman–Crippen MR) is 82.1 cm³/mol. The molecule has 2 rings (SSSR count). The fraction of sp³-hybridized carbons (Fsp3) is 0.562. The van der Waals surface area contributed by atoms with Crippen molar-refractivity contribution in [2.75, 3.05) is 17.2 Å². The van der Waals surface area contributed by atoms with Crippen molar-refractivity contribution in [2.24, 2.45) is 11.8 Å². The molecule has 4 nitrogen and oxygen atoms in total. The molecule has 1 aliphatic rings. The summed E-state index contributed by atoms with van der Waals surface area (Å²) < 4.78 is 4.84. The summed E-state index contributed by atoms with van der Waals surface area (Å²) in [7, 11) is 0. The molecule has 0 radical (unpaired) electrons. The normalized spacial score (nSPS) is 21.2. The fourth-order valence-corrected chi connectivity index (χ4v) is 2.49. The van der Waals surface area contributed by atoms with Gasteiger partial charge in [0, 0.05) is 17.4 Å². The van der Waals surface area contributed by atoms with E-state index in [1.165, 1.54) is 12.8 Å². The molecule has 0 heterocycles. The van der Waals surface area contributed by atoms with Crippen LogP contribution in [-0.2, 0) is 4.74 Å². The lowest BCUT2D eigenvalue weighted by Gasteiger charge is -2.39. The summed E-state index contributed by atoms with van der Waals surface area (Å²) in [5, 5.41) is 6.21. The summed E-state index contributed by atoms with van der Waals surface area (Å²) in [6, 6.07) is 8.34. The average molecular weight is 276 g/mol. The van der Waals surface area contributed by atoms with E-state index in [0.29, 0.717) is 12.6 Å². The molecule has 1 aromatic rings. The molecule has 20 heavy (non-hydrogen) atoms. The lowest BCUT2D eigenvalue weighted by Crippen LogP contribution is -2.37. The van der Waals surface area contributed by atoms with E-state index in [2.05, 4.69) is 24.5 Å². The van der Waals surface area contributed by atoms with Crippen molar-refractivity contribution >= 4 is 17.5 Å². The fourth-order valence-electron chi connectivity index (χ4n) is 2.49. The Balaban J connectivity index is 1.79. The zero-order valence-electron chi connectivity index (χ0n) is 12.5. The van der Waals surface area contributed by atoms with Gasteiger partial charge in [-0.1, -0.05) is 13.8 Å². The maximum absolute atomic E-state index is 11.3. The van der Waals surface area contributed by atoms with E-state index >= 15 is 0 Å². The van der Waals surface area contributed by atoms with Gasteiger partial charge in [-0.3, -0.25) is 5.32 Å². The smallest absolute Gasteiger partial charge is 0.411 e. The summed E-state index contributed by atoms with van der Waals surface area (Å²) in [5.41, 5.74) is 1.86. The Hall–Kier alpha value is -1.71. The molecular formula is C16H24N2O2. The Morgan fingerprint density at radius 3 is 2.40 bits per heavy atom. The van der Waals surface area contributed by atoms with Crippen molar-refractivity contribution in [3.8, 4) is 0 Å². The topological polar surface area (TPSA) is 50.4 Å². The number of hydrogen-bond acceptors (Lipinski definition) is 3. The van der Waals surface area contributed by atoms with E-state index in [0.717, 1.165) is 23.2 Å². The SMILES string of the molecule is CCOC(=O)Nc1ccc(NC2CC(C(C)C)C2)cc1. The van der Waals surface area contributed by atoms with Gasteiger partial charge in [0.05, 0.1) is 6.61 Å². The first-order valence-corrected chi connectivity index (χ1v) is 7.39. The number of benzene rings is 1. The lowest BCUT2D eigenvalue weighted by molar-refractivity contribution is 0.168. The van der Waals surface area contributed by atoms with Crippen molar-refractivity contribution in [3.63, 3.8) is 0 Å². The third-order valence-electron chi connectivity index (χ3n) is 3.89. The minimum atomic E-state index is -0.410. The average Bonchev–Trinajstić information content (AvgIpc) is 2.35. The molecule has 4 heteroatoms. The van der Waals surface area contributed by atoms with E-state index in [-0.39, 0.29) is 0 Å². The summed E-state index contributed by atoms with van der Waals surface area (Å²) >= 11 is 0. The largest absolute Gasteiger partial charge is 0.450 e. The highest BCUT2D eigenvalue weighted by molar-refractivity contribution is 5.84. The van der Waals surface area contributed by atoms with Crippen molar-refractivity contribution < 1.29 is 9.53 Å². The Labute approximate surface area is 120 Å². The van der Waals surface area contributed by atoms with Crippen LogP contribution >= 0.6 is 0 Å². The molecule has 2 N–H and O–H groups in total. The van der Waals surface area contributed by atoms with E-state index in [4.69, 9.17) is 4.74 Å². The van der Waals surface area contributed by atoms with Crippen LogP contribution in [0.2, 0.25) is 0 Å². The summed E-state index contributed by atoms with van der Waals surface area (Å²) in [4.78, 5) is 11.3. The second-order valence-electron chi connectivity index (χ2n) is 5.74. The highest BCUT2D eigenvalue weighted by atomic mass is 16.5. The van der Waals surface area contributed by atoms with Gasteiger partial charge in [0.1, 0.15) is 0 Å². The van der Waals surface area contributed by atoms with Crippen LogP contribution in [0, 0.1) is 11.8 Å². The van der Waals surface area contributed by atoms with Crippen LogP contribution < -0.4 is 10.6 Å². The molecule has 0 spiro atoms. The van der Waals surface area contributed by atoms with Crippen LogP contribution in [0.25, 0.3) is 0 Å². The van der Waals surface area contributed by atoms with Crippen molar-refractivity contribution in [3.05, 3.63) is 24.3 Å². The molecule has 110 valence electrons. The molecule has 1 saturated carbocycles. The lowest BCUT2D eigenvalue weighted by atomic mass is 9.73. The van der Waals surface area contributed by atoms with E-state index in [1.54, 1.807) is 6.92 Å². The van der Waals surface area contributed by atoms with Gasteiger partial charge in [0.25, 0.3) is 0 Å². The Bertz CT molecular complexity index is 436. The van der Waals surface area contributed by atoms with E-state index in [9.17, 15) is 4.79 Å². The number of nitrogens with one attached hydrogen (secondary N) is 2. The van der Waals surface area contributed by atoms with Crippen LogP contribution in [-0.4, -0.2) is 18.7 Å². The molecule has 0 saturated heterocycles. The maximum Gasteiger partial charge on any atom is 0.411 e. The van der Waals surface area contributed by atoms with Gasteiger partial charge in [-0.15, -0.1) is 0 Å². The zero-order chi connectivity index (χ0) is 14.5. The second kappa shape index (κ2) is 6.64. The molecule has 0 atom stereocenters. The zero-order valence-corrected chi connectivity index (χ0v) is 12.5. The Morgan fingerprint density at radius 1 is 1.25 bits per heavy atom. The molecule has 1 aromatic carbocycles. The highest BCUT2D eigenvalue weighted by Crippen LogP contribution is 2.35. The van der Waals surface area contributed by atoms with Crippen LogP contribution in [0.5, 0.6) is 0 Å². The molecule has 0 aromatic heterocycles. The summed E-state index contributed by atoms with van der Waals surface area (Å²) in [6.45, 7) is 6.74. The van der Waals surface area contributed by atoms with Crippen molar-refractivity contribution in [2.45, 2.75) is 39.7 Å². The predicted octanol–water partition coefficient (Wildman–Crippen LogP) is 4.10. The van der Waals surface area contributed by atoms with Gasteiger partial charge in [0.2, 0.25) is 0 Å². The second-order valence-corrected chi connectivity index (χ2v) is 5.74. The van der Waals surface area contributed by atoms with Crippen LogP contribution in [0.4, 0.5) is 16.2 Å². The number of carbonyl (C=O) groups is 1. The third-order valence-corrected chi connectivity index (χ3v) is 3.89. The molecule has 0 aliphatic heterocycles. The molecule has 1 amide bonds. The minimum Gasteiger partial charge on any atom is -0.450 e. The van der Waals surface area contributed by atoms with Gasteiger partial charge < -0.3 is 10.1 Å². The Morgan fingerprint density at radius 2 is 1.85 bits per heavy atom. The standard InChI is InChI=1S/C16H24N2O2/c1-4-20-16(19)18-14-7-5-13(6-8-14)17-15-9-12(10-15)11(2)3/h5-8,11-12,15,17H,4,9-10H2,1-3H3,(H,18,19). The number of ether oxygens (including phenoxy) is 1. The first-order chi connectivity index (χ1) is 9.58. The third kappa shape index (κ3) is 3.89. The number of hydrogen-bond donors (Lipinski definition) is 2. The number of rotatable bonds is 5. The molecule has 0 bridgehead atoms. The van der Waals surface area contributed by atoms with Gasteiger partial charge in [-0.25, -0.2) is 4.79 Å². The van der Waals surface area contributed by atoms with Crippen molar-refractivity contribution in [1.29, 1.82) is 0 Å². The van der Waals surface area contributed by atoms with E-state index in [1.807, 2.05) is 24.3 Å². The maximum atomic E-state index is 11.3. The molecule has 1 fully saturated rings. The van der Waals surface area contributed by atoms with Crippen LogP contribution in [0.15, 0.2) is 24.3 Å². The van der Waals surface area contributed by atoms with Crippen LogP contribution in [0.3, 0.4) is 0 Å². The first kappa shape index (κ1) is 14.7. The highest BCUT2D eigenvalue weighted by Gasteiger charge is 2.30. The minimum absolute atomic E-state index is 0.379. The van der Waals surface area contributed by atoms with E-state index < -0.39 is 6.09 Å². The van der Waals surface area contributed by atoms with Gasteiger partial charge >= 0.3 is 6.09 Å². The number of carbonyl (C=O) groups excluding carboxylic acids is 1. The molecule has 1 aliphatic carbocycles.